The molecule has 0 bridgehead atoms. The molecule has 0 atom stereocenters. The number of hydrogen-bond donors (Lipinski definition) is 1. The second kappa shape index (κ2) is 8.20. The van der Waals surface area contributed by atoms with Gasteiger partial charge in [-0.1, -0.05) is 11.6 Å². The third kappa shape index (κ3) is 3.85. The third-order valence-corrected chi connectivity index (χ3v) is 6.79. The molecule has 1 aliphatic rings. The van der Waals surface area contributed by atoms with E-state index in [4.69, 9.17) is 11.6 Å². The van der Waals surface area contributed by atoms with Crippen LogP contribution >= 0.6 is 22.9 Å². The first kappa shape index (κ1) is 20.6. The summed E-state index contributed by atoms with van der Waals surface area (Å²) in [5, 5.41) is 3.80. The van der Waals surface area contributed by atoms with Gasteiger partial charge in [-0.2, -0.15) is 0 Å². The van der Waals surface area contributed by atoms with Crippen LogP contribution in [0.2, 0.25) is 5.02 Å². The van der Waals surface area contributed by atoms with Gasteiger partial charge in [0.15, 0.2) is 0 Å². The molecule has 0 radical (unpaired) electrons. The van der Waals surface area contributed by atoms with E-state index in [1.165, 1.54) is 22.2 Å². The van der Waals surface area contributed by atoms with Crippen molar-refractivity contribution in [1.29, 1.82) is 0 Å². The van der Waals surface area contributed by atoms with Crippen molar-refractivity contribution >= 4 is 56.3 Å². The zero-order chi connectivity index (χ0) is 21.4. The Labute approximate surface area is 182 Å². The van der Waals surface area contributed by atoms with Crippen molar-refractivity contribution in [3.63, 3.8) is 0 Å². The first-order valence-corrected chi connectivity index (χ1v) is 10.9. The highest BCUT2D eigenvalue weighted by Crippen LogP contribution is 2.30. The molecule has 4 rings (SSSR count). The Morgan fingerprint density at radius 2 is 2.10 bits per heavy atom. The molecule has 3 heterocycles. The van der Waals surface area contributed by atoms with E-state index < -0.39 is 0 Å². The number of nitrogens with zero attached hydrogens (tertiary/aromatic N) is 3. The summed E-state index contributed by atoms with van der Waals surface area (Å²) in [4.78, 5) is 45.0. The Morgan fingerprint density at radius 3 is 2.83 bits per heavy atom. The number of halogens is 1. The van der Waals surface area contributed by atoms with Crippen molar-refractivity contribution in [3.8, 4) is 0 Å². The first-order valence-electron chi connectivity index (χ1n) is 9.70. The maximum atomic E-state index is 12.7. The minimum absolute atomic E-state index is 0.0656. The van der Waals surface area contributed by atoms with Crippen LogP contribution in [0.1, 0.15) is 29.7 Å². The van der Waals surface area contributed by atoms with Gasteiger partial charge in [-0.05, 0) is 44.0 Å². The van der Waals surface area contributed by atoms with Crippen molar-refractivity contribution in [2.45, 2.75) is 39.7 Å². The fourth-order valence-corrected chi connectivity index (χ4v) is 4.71. The molecule has 0 unspecified atom stereocenters. The number of hydrogen-bond acceptors (Lipinski definition) is 5. The Balaban J connectivity index is 1.47. The lowest BCUT2D eigenvalue weighted by Crippen LogP contribution is -2.24. The molecular formula is C21H21ClN4O3S. The van der Waals surface area contributed by atoms with Crippen LogP contribution in [0.3, 0.4) is 0 Å². The number of benzene rings is 1. The number of fused-ring (bicyclic) bond motifs is 1. The van der Waals surface area contributed by atoms with Crippen molar-refractivity contribution in [2.75, 3.05) is 16.8 Å². The minimum atomic E-state index is -0.271. The zero-order valence-electron chi connectivity index (χ0n) is 16.7. The van der Waals surface area contributed by atoms with Crippen molar-refractivity contribution in [3.05, 3.63) is 50.3 Å². The maximum absolute atomic E-state index is 12.7. The molecule has 1 fully saturated rings. The second-order valence-corrected chi connectivity index (χ2v) is 8.93. The van der Waals surface area contributed by atoms with Gasteiger partial charge in [0.2, 0.25) is 11.8 Å². The van der Waals surface area contributed by atoms with Gasteiger partial charge in [-0.3, -0.25) is 19.0 Å². The molecule has 156 valence electrons. The number of amides is 2. The lowest BCUT2D eigenvalue weighted by atomic mass is 10.2. The van der Waals surface area contributed by atoms with Crippen LogP contribution in [0.15, 0.2) is 29.3 Å². The van der Waals surface area contributed by atoms with Crippen molar-refractivity contribution in [2.24, 2.45) is 0 Å². The average Bonchev–Trinajstić information content (AvgIpc) is 3.26. The number of anilines is 2. The van der Waals surface area contributed by atoms with E-state index in [2.05, 4.69) is 10.3 Å². The number of aromatic nitrogens is 2. The Hall–Kier alpha value is -2.71. The van der Waals surface area contributed by atoms with Crippen LogP contribution in [0.5, 0.6) is 0 Å². The molecule has 3 aromatic rings. The molecule has 2 aromatic heterocycles. The van der Waals surface area contributed by atoms with Crippen LogP contribution in [0, 0.1) is 13.8 Å². The van der Waals surface area contributed by atoms with Crippen LogP contribution in [0.4, 0.5) is 11.4 Å². The molecule has 0 spiro atoms. The number of carbonyl (C=O) groups is 2. The fourth-order valence-electron chi connectivity index (χ4n) is 3.56. The van der Waals surface area contributed by atoms with Gasteiger partial charge in [0, 0.05) is 36.5 Å². The maximum Gasteiger partial charge on any atom is 0.262 e. The predicted octanol–water partition coefficient (Wildman–Crippen LogP) is 3.88. The Kier molecular flexibility index (Phi) is 5.62. The summed E-state index contributed by atoms with van der Waals surface area (Å²) in [6, 6.07) is 5.15. The molecule has 1 N–H and O–H groups in total. The molecule has 9 heteroatoms. The lowest BCUT2D eigenvalue weighted by Gasteiger charge is -2.17. The fraction of sp³-hybridized carbons (Fsp3) is 0.333. The number of rotatable bonds is 5. The van der Waals surface area contributed by atoms with Crippen molar-refractivity contribution in [1.82, 2.24) is 9.55 Å². The third-order valence-electron chi connectivity index (χ3n) is 5.34. The van der Waals surface area contributed by atoms with Gasteiger partial charge in [0.1, 0.15) is 4.83 Å². The van der Waals surface area contributed by atoms with E-state index in [-0.39, 0.29) is 30.3 Å². The summed E-state index contributed by atoms with van der Waals surface area (Å²) in [7, 11) is 0. The summed E-state index contributed by atoms with van der Waals surface area (Å²) < 4.78 is 1.46. The highest BCUT2D eigenvalue weighted by molar-refractivity contribution is 7.18. The number of carbonyl (C=O) groups excluding carboxylic acids is 2. The van der Waals surface area contributed by atoms with Crippen molar-refractivity contribution < 1.29 is 9.59 Å². The first-order chi connectivity index (χ1) is 14.3. The number of nitrogens with one attached hydrogen (secondary N) is 1. The molecule has 30 heavy (non-hydrogen) atoms. The van der Waals surface area contributed by atoms with Crippen LogP contribution in [-0.2, 0) is 16.1 Å². The topological polar surface area (TPSA) is 84.3 Å². The standard InChI is InChI=1S/C21H21ClN4O3S/c1-12-13(2)30-20-19(12)21(29)25(11-23-20)9-7-17(27)24-16-10-14(5-6-15(16)22)26-8-3-4-18(26)28/h5-6,10-11H,3-4,7-9H2,1-2H3,(H,24,27). The smallest absolute Gasteiger partial charge is 0.262 e. The summed E-state index contributed by atoms with van der Waals surface area (Å²) in [6.07, 6.45) is 2.93. The van der Waals surface area contributed by atoms with Crippen LogP contribution < -0.4 is 15.8 Å². The number of aryl methyl sites for hydroxylation is 3. The monoisotopic (exact) mass is 444 g/mol. The van der Waals surface area contributed by atoms with Gasteiger partial charge < -0.3 is 10.2 Å². The SMILES string of the molecule is Cc1sc2ncn(CCC(=O)Nc3cc(N4CCCC4=O)ccc3Cl)c(=O)c2c1C. The molecule has 0 saturated carbocycles. The Bertz CT molecular complexity index is 1220. The van der Waals surface area contributed by atoms with Gasteiger partial charge in [-0.25, -0.2) is 4.98 Å². The zero-order valence-corrected chi connectivity index (χ0v) is 18.3. The van der Waals surface area contributed by atoms with Gasteiger partial charge in [-0.15, -0.1) is 11.3 Å². The predicted molar refractivity (Wildman–Crippen MR) is 120 cm³/mol. The normalized spacial score (nSPS) is 14.0. The molecule has 1 aliphatic heterocycles. The molecule has 1 aromatic carbocycles. The van der Waals surface area contributed by atoms with E-state index in [1.54, 1.807) is 23.1 Å². The molecule has 1 saturated heterocycles. The van der Waals surface area contributed by atoms with E-state index in [0.29, 0.717) is 34.7 Å². The highest BCUT2D eigenvalue weighted by Gasteiger charge is 2.22. The second-order valence-electron chi connectivity index (χ2n) is 7.32. The summed E-state index contributed by atoms with van der Waals surface area (Å²) >= 11 is 7.72. The summed E-state index contributed by atoms with van der Waals surface area (Å²) in [5.74, 6) is -0.206. The molecule has 0 aliphatic carbocycles. The number of thiophene rings is 1. The van der Waals surface area contributed by atoms with Gasteiger partial charge in [0.05, 0.1) is 22.4 Å². The van der Waals surface area contributed by atoms with Gasteiger partial charge >= 0.3 is 0 Å². The highest BCUT2D eigenvalue weighted by atomic mass is 35.5. The molecule has 2 amide bonds. The van der Waals surface area contributed by atoms with E-state index in [0.717, 1.165) is 21.7 Å². The Morgan fingerprint density at radius 1 is 1.30 bits per heavy atom. The largest absolute Gasteiger partial charge is 0.325 e. The van der Waals surface area contributed by atoms with E-state index >= 15 is 0 Å². The average molecular weight is 445 g/mol. The minimum Gasteiger partial charge on any atom is -0.325 e. The molecular weight excluding hydrogens is 424 g/mol. The van der Waals surface area contributed by atoms with E-state index in [9.17, 15) is 14.4 Å². The lowest BCUT2D eigenvalue weighted by molar-refractivity contribution is -0.117. The van der Waals surface area contributed by atoms with Crippen LogP contribution in [-0.4, -0.2) is 27.9 Å². The van der Waals surface area contributed by atoms with Gasteiger partial charge in [0.25, 0.3) is 5.56 Å². The van der Waals surface area contributed by atoms with E-state index in [1.807, 2.05) is 13.8 Å². The summed E-state index contributed by atoms with van der Waals surface area (Å²) in [6.45, 7) is 4.75. The van der Waals surface area contributed by atoms with Crippen LogP contribution in [0.25, 0.3) is 10.2 Å². The summed E-state index contributed by atoms with van der Waals surface area (Å²) in [5.41, 5.74) is 1.96. The quantitative estimate of drug-likeness (QED) is 0.647. The molecule has 7 nitrogen and oxygen atoms in total.